The van der Waals surface area contributed by atoms with Crippen LogP contribution in [0.5, 0.6) is 0 Å². The molecule has 0 aliphatic carbocycles. The van der Waals surface area contributed by atoms with Crippen molar-refractivity contribution in [1.29, 1.82) is 0 Å². The summed E-state index contributed by atoms with van der Waals surface area (Å²) in [5.74, 6) is -1.31. The minimum Gasteiger partial charge on any atom is -0.383 e. The van der Waals surface area contributed by atoms with E-state index in [4.69, 9.17) is 0 Å². The van der Waals surface area contributed by atoms with Gasteiger partial charge >= 0.3 is 0 Å². The van der Waals surface area contributed by atoms with Crippen molar-refractivity contribution < 1.29 is 13.9 Å². The van der Waals surface area contributed by atoms with Gasteiger partial charge in [-0.1, -0.05) is 6.07 Å². The smallest absolute Gasteiger partial charge is 0.134 e. The number of aryl methyl sites for hydroxylation is 1. The minimum atomic E-state index is -1.01. The van der Waals surface area contributed by atoms with E-state index in [2.05, 4.69) is 4.98 Å². The highest BCUT2D eigenvalue weighted by atomic mass is 32.1. The van der Waals surface area contributed by atoms with Crippen LogP contribution < -0.4 is 0 Å². The number of hydrogen-bond acceptors (Lipinski definition) is 3. The molecule has 3 aromatic heterocycles. The van der Waals surface area contributed by atoms with Crippen molar-refractivity contribution >= 4 is 11.3 Å². The van der Waals surface area contributed by atoms with Crippen LogP contribution in [-0.2, 0) is 7.05 Å². The van der Waals surface area contributed by atoms with Crippen LogP contribution in [0.4, 0.5) is 8.78 Å². The number of benzene rings is 1. The topological polar surface area (TPSA) is 38.0 Å². The summed E-state index contributed by atoms with van der Waals surface area (Å²) >= 11 is 1.54. The zero-order valence-electron chi connectivity index (χ0n) is 14.4. The third-order valence-corrected chi connectivity index (χ3v) is 5.19. The third-order valence-electron chi connectivity index (χ3n) is 4.51. The Morgan fingerprint density at radius 1 is 1.15 bits per heavy atom. The molecule has 1 aromatic carbocycles. The molecule has 6 heteroatoms. The second-order valence-corrected chi connectivity index (χ2v) is 7.02. The van der Waals surface area contributed by atoms with Crippen LogP contribution in [0.2, 0.25) is 0 Å². The molecule has 0 spiro atoms. The van der Waals surface area contributed by atoms with Crippen LogP contribution >= 0.6 is 11.3 Å². The lowest BCUT2D eigenvalue weighted by Crippen LogP contribution is -2.04. The maximum atomic E-state index is 14.5. The molecule has 0 saturated heterocycles. The molecule has 4 rings (SSSR count). The first-order valence-corrected chi connectivity index (χ1v) is 9.25. The van der Waals surface area contributed by atoms with Gasteiger partial charge in [0.05, 0.1) is 5.69 Å². The number of aliphatic hydroxyl groups excluding tert-OH is 1. The maximum Gasteiger partial charge on any atom is 0.134 e. The molecule has 27 heavy (non-hydrogen) atoms. The summed E-state index contributed by atoms with van der Waals surface area (Å²) in [4.78, 5) is 4.07. The van der Waals surface area contributed by atoms with E-state index in [0.717, 1.165) is 17.3 Å². The molecule has 0 bridgehead atoms. The predicted octanol–water partition coefficient (Wildman–Crippen LogP) is 5.18. The lowest BCUT2D eigenvalue weighted by atomic mass is 9.93. The van der Waals surface area contributed by atoms with Gasteiger partial charge in [-0.05, 0) is 29.6 Å². The normalized spacial score (nSPS) is 12.3. The average Bonchev–Trinajstić information content (AvgIpc) is 3.29. The Labute approximate surface area is 159 Å². The van der Waals surface area contributed by atoms with E-state index >= 15 is 0 Å². The molecule has 0 aliphatic heterocycles. The molecule has 1 N–H and O–H groups in total. The Kier molecular flexibility index (Phi) is 4.59. The summed E-state index contributed by atoms with van der Waals surface area (Å²) < 4.78 is 29.8. The van der Waals surface area contributed by atoms with Gasteiger partial charge in [-0.3, -0.25) is 4.98 Å². The van der Waals surface area contributed by atoms with E-state index in [1.54, 1.807) is 30.7 Å². The van der Waals surface area contributed by atoms with Gasteiger partial charge in [-0.15, -0.1) is 0 Å². The van der Waals surface area contributed by atoms with Crippen LogP contribution in [0, 0.1) is 11.6 Å². The molecule has 1 unspecified atom stereocenters. The zero-order valence-corrected chi connectivity index (χ0v) is 15.3. The number of hydrogen-bond donors (Lipinski definition) is 1. The third kappa shape index (κ3) is 3.18. The van der Waals surface area contributed by atoms with Crippen molar-refractivity contribution in [2.75, 3.05) is 0 Å². The second kappa shape index (κ2) is 7.06. The maximum absolute atomic E-state index is 14.5. The van der Waals surface area contributed by atoms with E-state index in [1.165, 1.54) is 23.5 Å². The standard InChI is InChI=1S/C21H16F2N2OS/c1-25-11-17(16-5-4-15(22)9-18(16)23)19(20(25)14-6-8-27-12-14)21(26)13-3-2-7-24-10-13/h2-12,21,26H,1H3. The van der Waals surface area contributed by atoms with E-state index in [1.807, 2.05) is 28.4 Å². The minimum absolute atomic E-state index is 0.242. The van der Waals surface area contributed by atoms with Crippen molar-refractivity contribution in [3.8, 4) is 22.4 Å². The molecule has 0 saturated carbocycles. The highest BCUT2D eigenvalue weighted by Gasteiger charge is 2.26. The van der Waals surface area contributed by atoms with Gasteiger partial charge in [0, 0.05) is 64.9 Å². The van der Waals surface area contributed by atoms with Crippen LogP contribution in [0.1, 0.15) is 17.2 Å². The van der Waals surface area contributed by atoms with Gasteiger partial charge in [0.15, 0.2) is 0 Å². The average molecular weight is 382 g/mol. The van der Waals surface area contributed by atoms with Gasteiger partial charge < -0.3 is 9.67 Å². The Bertz CT molecular complexity index is 1080. The van der Waals surface area contributed by atoms with E-state index in [0.29, 0.717) is 16.7 Å². The van der Waals surface area contributed by atoms with E-state index < -0.39 is 17.7 Å². The summed E-state index contributed by atoms with van der Waals surface area (Å²) in [5, 5.41) is 15.0. The summed E-state index contributed by atoms with van der Waals surface area (Å²) in [7, 11) is 1.84. The fourth-order valence-electron chi connectivity index (χ4n) is 3.31. The Morgan fingerprint density at radius 2 is 2.00 bits per heavy atom. The first-order valence-electron chi connectivity index (χ1n) is 8.31. The van der Waals surface area contributed by atoms with E-state index in [-0.39, 0.29) is 5.56 Å². The molecule has 4 aromatic rings. The number of nitrogens with zero attached hydrogens (tertiary/aromatic N) is 2. The van der Waals surface area contributed by atoms with Gasteiger partial charge in [0.25, 0.3) is 0 Å². The van der Waals surface area contributed by atoms with E-state index in [9.17, 15) is 13.9 Å². The number of rotatable bonds is 4. The van der Waals surface area contributed by atoms with Crippen LogP contribution in [0.3, 0.4) is 0 Å². The lowest BCUT2D eigenvalue weighted by molar-refractivity contribution is 0.221. The second-order valence-electron chi connectivity index (χ2n) is 6.24. The van der Waals surface area contributed by atoms with Crippen molar-refractivity contribution in [1.82, 2.24) is 9.55 Å². The lowest BCUT2D eigenvalue weighted by Gasteiger charge is -2.16. The van der Waals surface area contributed by atoms with Gasteiger partial charge in [-0.2, -0.15) is 11.3 Å². The molecular weight excluding hydrogens is 366 g/mol. The first kappa shape index (κ1) is 17.6. The fourth-order valence-corrected chi connectivity index (χ4v) is 3.95. The number of aliphatic hydroxyl groups is 1. The summed E-state index contributed by atoms with van der Waals surface area (Å²) in [6, 6.07) is 8.93. The SMILES string of the molecule is Cn1cc(-c2ccc(F)cc2F)c(C(O)c2cccnc2)c1-c1ccsc1. The van der Waals surface area contributed by atoms with Crippen LogP contribution in [-0.4, -0.2) is 14.7 Å². The molecule has 0 aliphatic rings. The molecule has 3 heterocycles. The van der Waals surface area contributed by atoms with Crippen molar-refractivity contribution in [2.45, 2.75) is 6.10 Å². The quantitative estimate of drug-likeness (QED) is 0.528. The Morgan fingerprint density at radius 3 is 2.67 bits per heavy atom. The molecule has 0 amide bonds. The summed E-state index contributed by atoms with van der Waals surface area (Å²) in [6.45, 7) is 0. The molecule has 1 atom stereocenters. The molecule has 136 valence electrons. The van der Waals surface area contributed by atoms with Crippen LogP contribution in [0.15, 0.2) is 65.7 Å². The van der Waals surface area contributed by atoms with Gasteiger partial charge in [-0.25, -0.2) is 8.78 Å². The molecular formula is C21H16F2N2OS. The first-order chi connectivity index (χ1) is 13.1. The summed E-state index contributed by atoms with van der Waals surface area (Å²) in [5.41, 5.74) is 3.64. The van der Waals surface area contributed by atoms with Gasteiger partial charge in [0.1, 0.15) is 17.7 Å². The summed E-state index contributed by atoms with van der Waals surface area (Å²) in [6.07, 6.45) is 3.97. The predicted molar refractivity (Wildman–Crippen MR) is 102 cm³/mol. The molecule has 0 fully saturated rings. The van der Waals surface area contributed by atoms with Crippen LogP contribution in [0.25, 0.3) is 22.4 Å². The largest absolute Gasteiger partial charge is 0.383 e. The number of halogens is 2. The highest BCUT2D eigenvalue weighted by molar-refractivity contribution is 7.08. The zero-order chi connectivity index (χ0) is 19.0. The van der Waals surface area contributed by atoms with Gasteiger partial charge in [0.2, 0.25) is 0 Å². The number of aromatic nitrogens is 2. The Balaban J connectivity index is 1.98. The number of pyridine rings is 1. The fraction of sp³-hybridized carbons (Fsp3) is 0.0952. The molecule has 0 radical (unpaired) electrons. The van der Waals surface area contributed by atoms with Crippen molar-refractivity contribution in [3.63, 3.8) is 0 Å². The van der Waals surface area contributed by atoms with Crippen molar-refractivity contribution in [3.05, 3.63) is 88.5 Å². The molecule has 3 nitrogen and oxygen atoms in total. The highest BCUT2D eigenvalue weighted by Crippen LogP contribution is 2.41. The number of thiophene rings is 1. The van der Waals surface area contributed by atoms with Crippen molar-refractivity contribution in [2.24, 2.45) is 7.05 Å². The Hall–Kier alpha value is -2.83. The monoisotopic (exact) mass is 382 g/mol.